The zero-order valence-corrected chi connectivity index (χ0v) is 17.0. The van der Waals surface area contributed by atoms with Crippen LogP contribution < -0.4 is 0 Å². The van der Waals surface area contributed by atoms with Gasteiger partial charge in [0.2, 0.25) is 0 Å². The molecule has 29 heavy (non-hydrogen) atoms. The molecule has 0 fully saturated rings. The van der Waals surface area contributed by atoms with Gasteiger partial charge in [0.25, 0.3) is 0 Å². The third-order valence-corrected chi connectivity index (χ3v) is 5.34. The van der Waals surface area contributed by atoms with E-state index in [0.717, 1.165) is 26.1 Å². The second-order valence-corrected chi connectivity index (χ2v) is 7.65. The van der Waals surface area contributed by atoms with E-state index in [1.54, 1.807) is 0 Å². The largest absolute Gasteiger partial charge is 0.361 e. The first-order chi connectivity index (χ1) is 14.3. The summed E-state index contributed by atoms with van der Waals surface area (Å²) < 4.78 is 0. The van der Waals surface area contributed by atoms with Crippen molar-refractivity contribution in [3.05, 3.63) is 113 Å². The molecule has 0 spiro atoms. The molecule has 2 nitrogen and oxygen atoms in total. The molecule has 4 rings (SSSR count). The van der Waals surface area contributed by atoms with E-state index in [2.05, 4.69) is 114 Å². The zero-order valence-electron chi connectivity index (χ0n) is 17.0. The lowest BCUT2D eigenvalue weighted by Crippen LogP contribution is -2.25. The maximum absolute atomic E-state index is 3.40. The molecule has 0 saturated carbocycles. The molecule has 0 unspecified atom stereocenters. The van der Waals surface area contributed by atoms with Gasteiger partial charge in [-0.3, -0.25) is 4.90 Å². The first-order valence-electron chi connectivity index (χ1n) is 10.3. The van der Waals surface area contributed by atoms with Crippen molar-refractivity contribution in [2.45, 2.75) is 19.9 Å². The van der Waals surface area contributed by atoms with Gasteiger partial charge >= 0.3 is 0 Å². The molecule has 0 aliphatic rings. The molecule has 1 N–H and O–H groups in total. The summed E-state index contributed by atoms with van der Waals surface area (Å²) in [6.45, 7) is 5.06. The number of hydrogen-bond donors (Lipinski definition) is 1. The van der Waals surface area contributed by atoms with Gasteiger partial charge in [-0.2, -0.15) is 0 Å². The van der Waals surface area contributed by atoms with E-state index >= 15 is 0 Å². The third-order valence-electron chi connectivity index (χ3n) is 5.34. The van der Waals surface area contributed by atoms with Crippen molar-refractivity contribution in [1.29, 1.82) is 0 Å². The van der Waals surface area contributed by atoms with E-state index in [1.165, 1.54) is 33.2 Å². The zero-order chi connectivity index (χ0) is 19.9. The number of para-hydroxylation sites is 1. The van der Waals surface area contributed by atoms with E-state index in [9.17, 15) is 0 Å². The van der Waals surface area contributed by atoms with Crippen LogP contribution in [-0.2, 0) is 13.0 Å². The van der Waals surface area contributed by atoms with Crippen LogP contribution in [-0.4, -0.2) is 23.0 Å². The Hall–Kier alpha value is -3.10. The van der Waals surface area contributed by atoms with Crippen LogP contribution in [0.3, 0.4) is 0 Å². The molecular formula is C27H28N2. The van der Waals surface area contributed by atoms with Gasteiger partial charge in [0.05, 0.1) is 0 Å². The number of rotatable bonds is 8. The van der Waals surface area contributed by atoms with Crippen molar-refractivity contribution in [3.63, 3.8) is 0 Å². The van der Waals surface area contributed by atoms with Gasteiger partial charge < -0.3 is 4.98 Å². The molecule has 0 bridgehead atoms. The number of aromatic amines is 1. The van der Waals surface area contributed by atoms with E-state index in [-0.39, 0.29) is 0 Å². The van der Waals surface area contributed by atoms with Crippen LogP contribution in [0.15, 0.2) is 91.1 Å². The van der Waals surface area contributed by atoms with Gasteiger partial charge in [-0.05, 0) is 36.1 Å². The van der Waals surface area contributed by atoms with Crippen LogP contribution in [0.4, 0.5) is 0 Å². The Morgan fingerprint density at radius 1 is 0.897 bits per heavy atom. The number of benzene rings is 3. The van der Waals surface area contributed by atoms with Crippen LogP contribution in [0.1, 0.15) is 22.3 Å². The molecule has 3 aromatic carbocycles. The highest BCUT2D eigenvalue weighted by Gasteiger charge is 2.08. The Kier molecular flexibility index (Phi) is 6.23. The highest BCUT2D eigenvalue weighted by molar-refractivity contribution is 5.83. The summed E-state index contributed by atoms with van der Waals surface area (Å²) in [7, 11) is 0. The molecule has 146 valence electrons. The molecule has 1 heterocycles. The predicted octanol–water partition coefficient (Wildman–Crippen LogP) is 6.23. The van der Waals surface area contributed by atoms with Crippen molar-refractivity contribution < 1.29 is 0 Å². The molecule has 0 radical (unpaired) electrons. The van der Waals surface area contributed by atoms with Gasteiger partial charge in [-0.1, -0.05) is 90.5 Å². The maximum Gasteiger partial charge on any atom is 0.0456 e. The Balaban J connectivity index is 1.45. The van der Waals surface area contributed by atoms with Crippen molar-refractivity contribution in [1.82, 2.24) is 9.88 Å². The molecule has 2 heteroatoms. The highest BCUT2D eigenvalue weighted by atomic mass is 15.1. The summed E-state index contributed by atoms with van der Waals surface area (Å²) in [6.07, 6.45) is 7.71. The Labute approximate surface area is 173 Å². The van der Waals surface area contributed by atoms with Crippen molar-refractivity contribution >= 4 is 17.0 Å². The van der Waals surface area contributed by atoms with Gasteiger partial charge in [-0.25, -0.2) is 0 Å². The number of aryl methyl sites for hydroxylation is 1. The van der Waals surface area contributed by atoms with Crippen molar-refractivity contribution in [3.8, 4) is 0 Å². The number of fused-ring (bicyclic) bond motifs is 1. The molecule has 0 amide bonds. The fourth-order valence-corrected chi connectivity index (χ4v) is 3.81. The minimum absolute atomic E-state index is 0.936. The summed E-state index contributed by atoms with van der Waals surface area (Å²) in [4.78, 5) is 5.92. The molecule has 4 aromatic rings. The van der Waals surface area contributed by atoms with E-state index in [0.29, 0.717) is 0 Å². The molecule has 0 aliphatic carbocycles. The van der Waals surface area contributed by atoms with Crippen LogP contribution >= 0.6 is 0 Å². The second kappa shape index (κ2) is 9.40. The summed E-state index contributed by atoms with van der Waals surface area (Å²) >= 11 is 0. The Morgan fingerprint density at radius 2 is 1.72 bits per heavy atom. The quantitative estimate of drug-likeness (QED) is 0.384. The fraction of sp³-hybridized carbons (Fsp3) is 0.185. The molecule has 1 aromatic heterocycles. The fourth-order valence-electron chi connectivity index (χ4n) is 3.81. The summed E-state index contributed by atoms with van der Waals surface area (Å²) in [5, 5.41) is 1.34. The van der Waals surface area contributed by atoms with E-state index in [4.69, 9.17) is 0 Å². The van der Waals surface area contributed by atoms with E-state index in [1.807, 2.05) is 0 Å². The Bertz CT molecular complexity index is 1080. The van der Waals surface area contributed by atoms with Crippen LogP contribution in [0.5, 0.6) is 0 Å². The predicted molar refractivity (Wildman–Crippen MR) is 124 cm³/mol. The summed E-state index contributed by atoms with van der Waals surface area (Å²) in [5.74, 6) is 0. The number of aromatic nitrogens is 1. The normalized spacial score (nSPS) is 11.7. The third kappa shape index (κ3) is 5.24. The molecular weight excluding hydrogens is 352 g/mol. The average Bonchev–Trinajstić information content (AvgIpc) is 3.16. The first-order valence-corrected chi connectivity index (χ1v) is 10.3. The van der Waals surface area contributed by atoms with E-state index < -0.39 is 0 Å². The summed E-state index contributed by atoms with van der Waals surface area (Å²) in [5.41, 5.74) is 6.53. The molecule has 0 aliphatic heterocycles. The molecule has 0 saturated heterocycles. The van der Waals surface area contributed by atoms with Gasteiger partial charge in [0, 0.05) is 36.7 Å². The maximum atomic E-state index is 3.40. The number of hydrogen-bond acceptors (Lipinski definition) is 1. The highest BCUT2D eigenvalue weighted by Crippen LogP contribution is 2.19. The minimum Gasteiger partial charge on any atom is -0.361 e. The topological polar surface area (TPSA) is 19.0 Å². The van der Waals surface area contributed by atoms with Gasteiger partial charge in [0.1, 0.15) is 0 Å². The average molecular weight is 381 g/mol. The van der Waals surface area contributed by atoms with Crippen LogP contribution in [0.2, 0.25) is 0 Å². The smallest absolute Gasteiger partial charge is 0.0456 e. The van der Waals surface area contributed by atoms with Crippen LogP contribution in [0.25, 0.3) is 17.0 Å². The van der Waals surface area contributed by atoms with Crippen LogP contribution in [0, 0.1) is 6.92 Å². The van der Waals surface area contributed by atoms with Crippen molar-refractivity contribution in [2.75, 3.05) is 13.1 Å². The number of nitrogens with one attached hydrogen (secondary N) is 1. The van der Waals surface area contributed by atoms with Gasteiger partial charge in [-0.15, -0.1) is 0 Å². The number of nitrogens with zero attached hydrogens (tertiary/aromatic N) is 1. The summed E-state index contributed by atoms with van der Waals surface area (Å²) in [6, 6.07) is 27.9. The standard InChI is InChI=1S/C27H28N2/c1-22-9-7-12-23(19-22)13-8-17-29(21-24-10-3-2-4-11-24)18-16-25-20-28-27-15-6-5-14-26(25)27/h2-15,19-20,28H,16-18,21H2,1H3. The lowest BCUT2D eigenvalue weighted by atomic mass is 10.1. The minimum atomic E-state index is 0.936. The molecule has 0 atom stereocenters. The van der Waals surface area contributed by atoms with Gasteiger partial charge in [0.15, 0.2) is 0 Å². The Morgan fingerprint density at radius 3 is 2.59 bits per heavy atom. The lowest BCUT2D eigenvalue weighted by Gasteiger charge is -2.21. The lowest BCUT2D eigenvalue weighted by molar-refractivity contribution is 0.299. The number of H-pyrrole nitrogens is 1. The van der Waals surface area contributed by atoms with Crippen molar-refractivity contribution in [2.24, 2.45) is 0 Å². The monoisotopic (exact) mass is 380 g/mol. The first kappa shape index (κ1) is 19.2. The SMILES string of the molecule is Cc1cccc(C=CCN(CCc2c[nH]c3ccccc23)Cc2ccccc2)c1. The second-order valence-electron chi connectivity index (χ2n) is 7.65.